The predicted molar refractivity (Wildman–Crippen MR) is 60.5 cm³/mol. The molecule has 3 unspecified atom stereocenters. The molecule has 0 spiro atoms. The first-order chi connectivity index (χ1) is 8.18. The maximum absolute atomic E-state index is 11.8. The molecule has 3 rings (SSSR count). The Morgan fingerprint density at radius 3 is 2.71 bits per heavy atom. The highest BCUT2D eigenvalue weighted by Crippen LogP contribution is 2.44. The lowest BCUT2D eigenvalue weighted by molar-refractivity contribution is -0.163. The van der Waals surface area contributed by atoms with Crippen LogP contribution in [0, 0.1) is 5.92 Å². The molecule has 2 aliphatic heterocycles. The summed E-state index contributed by atoms with van der Waals surface area (Å²) in [4.78, 5) is 27.0. The SMILES string of the molecule is O=CN(C1CC1)C1(C(=O)O)CCN2CCC1C2. The second-order valence-electron chi connectivity index (χ2n) is 5.51. The van der Waals surface area contributed by atoms with E-state index in [9.17, 15) is 14.7 Å². The lowest BCUT2D eigenvalue weighted by Crippen LogP contribution is -2.63. The number of piperidine rings is 1. The van der Waals surface area contributed by atoms with Crippen LogP contribution >= 0.6 is 0 Å². The van der Waals surface area contributed by atoms with E-state index in [-0.39, 0.29) is 12.0 Å². The van der Waals surface area contributed by atoms with Crippen molar-refractivity contribution in [3.05, 3.63) is 0 Å². The number of carboxylic acid groups (broad SMARTS) is 1. The van der Waals surface area contributed by atoms with Gasteiger partial charge in [0, 0.05) is 25.0 Å². The molecule has 3 fully saturated rings. The zero-order valence-electron chi connectivity index (χ0n) is 9.84. The van der Waals surface area contributed by atoms with E-state index in [1.165, 1.54) is 0 Å². The second kappa shape index (κ2) is 3.70. The molecule has 2 bridgehead atoms. The summed E-state index contributed by atoms with van der Waals surface area (Å²) < 4.78 is 0. The van der Waals surface area contributed by atoms with Gasteiger partial charge in [0.2, 0.25) is 6.41 Å². The quantitative estimate of drug-likeness (QED) is 0.709. The number of hydrogen-bond acceptors (Lipinski definition) is 3. The molecule has 1 amide bonds. The predicted octanol–water partition coefficient (Wildman–Crippen LogP) is 0.156. The van der Waals surface area contributed by atoms with Gasteiger partial charge in [-0.25, -0.2) is 4.79 Å². The minimum absolute atomic E-state index is 0.111. The largest absolute Gasteiger partial charge is 0.479 e. The molecule has 0 aromatic heterocycles. The summed E-state index contributed by atoms with van der Waals surface area (Å²) in [6.45, 7) is 2.63. The third-order valence-electron chi connectivity index (χ3n) is 4.64. The molecule has 2 heterocycles. The molecule has 5 heteroatoms. The Hall–Kier alpha value is -1.10. The molecule has 94 valence electrons. The molecule has 1 aliphatic carbocycles. The minimum atomic E-state index is -0.921. The molecule has 1 N–H and O–H groups in total. The van der Waals surface area contributed by atoms with Crippen LogP contribution in [-0.4, -0.2) is 58.5 Å². The van der Waals surface area contributed by atoms with Crippen LogP contribution in [0.5, 0.6) is 0 Å². The van der Waals surface area contributed by atoms with Gasteiger partial charge >= 0.3 is 5.97 Å². The van der Waals surface area contributed by atoms with Crippen molar-refractivity contribution < 1.29 is 14.7 Å². The first-order valence-corrected chi connectivity index (χ1v) is 6.38. The molecule has 5 nitrogen and oxygen atoms in total. The summed E-state index contributed by atoms with van der Waals surface area (Å²) in [7, 11) is 0. The lowest BCUT2D eigenvalue weighted by Gasteiger charge is -2.45. The Labute approximate surface area is 100 Å². The van der Waals surface area contributed by atoms with Crippen molar-refractivity contribution in [2.45, 2.75) is 37.3 Å². The highest BCUT2D eigenvalue weighted by molar-refractivity contribution is 5.82. The number of nitrogens with zero attached hydrogens (tertiary/aromatic N) is 2. The van der Waals surface area contributed by atoms with Crippen molar-refractivity contribution >= 4 is 12.4 Å². The number of aliphatic carboxylic acids is 1. The molecule has 17 heavy (non-hydrogen) atoms. The van der Waals surface area contributed by atoms with Crippen LogP contribution in [0.25, 0.3) is 0 Å². The normalized spacial score (nSPS) is 40.0. The van der Waals surface area contributed by atoms with Crippen molar-refractivity contribution in [3.63, 3.8) is 0 Å². The Kier molecular flexibility index (Phi) is 2.40. The number of carboxylic acids is 1. The molecule has 0 aromatic rings. The van der Waals surface area contributed by atoms with Gasteiger partial charge in [-0.05, 0) is 32.2 Å². The fourth-order valence-electron chi connectivity index (χ4n) is 3.55. The summed E-state index contributed by atoms with van der Waals surface area (Å²) >= 11 is 0. The first-order valence-electron chi connectivity index (χ1n) is 6.38. The number of carbonyl (C=O) groups is 2. The molecule has 2 saturated heterocycles. The minimum Gasteiger partial charge on any atom is -0.479 e. The monoisotopic (exact) mass is 238 g/mol. The van der Waals surface area contributed by atoms with Crippen LogP contribution in [0.15, 0.2) is 0 Å². The Morgan fingerprint density at radius 1 is 1.35 bits per heavy atom. The van der Waals surface area contributed by atoms with Crippen LogP contribution in [0.3, 0.4) is 0 Å². The Bertz CT molecular complexity index is 356. The third kappa shape index (κ3) is 1.48. The van der Waals surface area contributed by atoms with Gasteiger partial charge in [-0.3, -0.25) is 4.79 Å². The van der Waals surface area contributed by atoms with Crippen LogP contribution < -0.4 is 0 Å². The lowest BCUT2D eigenvalue weighted by atomic mass is 9.77. The van der Waals surface area contributed by atoms with Gasteiger partial charge in [-0.2, -0.15) is 0 Å². The van der Waals surface area contributed by atoms with E-state index in [1.807, 2.05) is 0 Å². The van der Waals surface area contributed by atoms with Gasteiger partial charge in [0.05, 0.1) is 0 Å². The number of hydrogen-bond donors (Lipinski definition) is 1. The molecule has 0 radical (unpaired) electrons. The van der Waals surface area contributed by atoms with Crippen molar-refractivity contribution in [2.75, 3.05) is 19.6 Å². The van der Waals surface area contributed by atoms with Gasteiger partial charge in [0.25, 0.3) is 0 Å². The van der Waals surface area contributed by atoms with Gasteiger partial charge in [0.1, 0.15) is 5.54 Å². The Balaban J connectivity index is 1.96. The fourth-order valence-corrected chi connectivity index (χ4v) is 3.55. The zero-order chi connectivity index (χ0) is 12.0. The van der Waals surface area contributed by atoms with Gasteiger partial charge in [0.15, 0.2) is 0 Å². The van der Waals surface area contributed by atoms with E-state index in [1.54, 1.807) is 4.90 Å². The average Bonchev–Trinajstić information content (AvgIpc) is 3.06. The van der Waals surface area contributed by atoms with E-state index in [2.05, 4.69) is 4.90 Å². The summed E-state index contributed by atoms with van der Waals surface area (Å²) in [6, 6.07) is 0.177. The number of amides is 1. The van der Waals surface area contributed by atoms with Gasteiger partial charge in [-0.1, -0.05) is 0 Å². The summed E-state index contributed by atoms with van der Waals surface area (Å²) in [5.74, 6) is -0.692. The second-order valence-corrected chi connectivity index (χ2v) is 5.51. The van der Waals surface area contributed by atoms with Crippen LogP contribution in [-0.2, 0) is 9.59 Å². The van der Waals surface area contributed by atoms with Crippen LogP contribution in [0.4, 0.5) is 0 Å². The fraction of sp³-hybridized carbons (Fsp3) is 0.833. The molecular formula is C12H18N2O3. The summed E-state index contributed by atoms with van der Waals surface area (Å²) in [5, 5.41) is 9.67. The maximum Gasteiger partial charge on any atom is 0.330 e. The zero-order valence-corrected chi connectivity index (χ0v) is 9.84. The number of rotatable bonds is 4. The average molecular weight is 238 g/mol. The van der Waals surface area contributed by atoms with Crippen molar-refractivity contribution in [1.82, 2.24) is 9.80 Å². The molecule has 0 aromatic carbocycles. The molecule has 3 aliphatic rings. The van der Waals surface area contributed by atoms with Gasteiger partial charge < -0.3 is 14.9 Å². The summed E-state index contributed by atoms with van der Waals surface area (Å²) in [5.41, 5.74) is -0.921. The van der Waals surface area contributed by atoms with E-state index in [0.29, 0.717) is 6.42 Å². The third-order valence-corrected chi connectivity index (χ3v) is 4.64. The summed E-state index contributed by atoms with van der Waals surface area (Å²) in [6.07, 6.45) is 4.19. The molecular weight excluding hydrogens is 220 g/mol. The van der Waals surface area contributed by atoms with Crippen LogP contribution in [0.2, 0.25) is 0 Å². The highest BCUT2D eigenvalue weighted by Gasteiger charge is 2.57. The van der Waals surface area contributed by atoms with E-state index in [0.717, 1.165) is 45.3 Å². The highest BCUT2D eigenvalue weighted by atomic mass is 16.4. The van der Waals surface area contributed by atoms with Crippen molar-refractivity contribution in [2.24, 2.45) is 5.92 Å². The Morgan fingerprint density at radius 2 is 2.12 bits per heavy atom. The van der Waals surface area contributed by atoms with Crippen LogP contribution in [0.1, 0.15) is 25.7 Å². The number of fused-ring (bicyclic) bond motifs is 2. The van der Waals surface area contributed by atoms with Crippen molar-refractivity contribution in [1.29, 1.82) is 0 Å². The number of carbonyl (C=O) groups excluding carboxylic acids is 1. The van der Waals surface area contributed by atoms with Crippen molar-refractivity contribution in [3.8, 4) is 0 Å². The first kappa shape index (κ1) is 11.0. The van der Waals surface area contributed by atoms with Gasteiger partial charge in [-0.15, -0.1) is 0 Å². The van der Waals surface area contributed by atoms with E-state index in [4.69, 9.17) is 0 Å². The van der Waals surface area contributed by atoms with E-state index >= 15 is 0 Å². The molecule has 1 saturated carbocycles. The smallest absolute Gasteiger partial charge is 0.330 e. The molecule has 3 atom stereocenters. The topological polar surface area (TPSA) is 60.9 Å². The van der Waals surface area contributed by atoms with E-state index < -0.39 is 11.5 Å². The maximum atomic E-state index is 11.8. The standard InChI is InChI=1S/C12H18N2O3/c15-8-14(10-1-2-10)12(11(16)17)4-6-13-5-3-9(12)7-13/h8-10H,1-7H2,(H,16,17).